The van der Waals surface area contributed by atoms with Crippen LogP contribution >= 0.6 is 0 Å². The predicted molar refractivity (Wildman–Crippen MR) is 220 cm³/mol. The number of fused-ring (bicyclic) bond motifs is 9. The summed E-state index contributed by atoms with van der Waals surface area (Å²) in [7, 11) is 0. The molecule has 4 heteroatoms. The number of anilines is 3. The molecule has 1 aliphatic carbocycles. The minimum absolute atomic E-state index is 0.0480. The molecule has 0 radical (unpaired) electrons. The van der Waals surface area contributed by atoms with Crippen LogP contribution in [0.3, 0.4) is 0 Å². The zero-order valence-corrected chi connectivity index (χ0v) is 30.5. The van der Waals surface area contributed by atoms with Gasteiger partial charge in [-0.25, -0.2) is 4.98 Å². The Morgan fingerprint density at radius 3 is 1.67 bits per heavy atom. The van der Waals surface area contributed by atoms with Crippen LogP contribution in [-0.4, -0.2) is 15.2 Å². The van der Waals surface area contributed by atoms with Gasteiger partial charge in [0, 0.05) is 22.4 Å². The Hall–Kier alpha value is -6.65. The van der Waals surface area contributed by atoms with E-state index in [2.05, 4.69) is 183 Å². The van der Waals surface area contributed by atoms with E-state index in [1.165, 1.54) is 50.3 Å². The Kier molecular flexibility index (Phi) is 7.24. The second kappa shape index (κ2) is 12.2. The second-order valence-electron chi connectivity index (χ2n) is 15.3. The fraction of sp³-hybridized carbons (Fsp3) is 0.100. The highest BCUT2D eigenvalue weighted by atomic mass is 15.2. The first-order valence-electron chi connectivity index (χ1n) is 18.6. The summed E-state index contributed by atoms with van der Waals surface area (Å²) in [5.41, 5.74) is 16.2. The Morgan fingerprint density at radius 2 is 1.00 bits per heavy atom. The third-order valence-electron chi connectivity index (χ3n) is 11.2. The highest BCUT2D eigenvalue weighted by Crippen LogP contribution is 2.63. The first-order chi connectivity index (χ1) is 26.4. The lowest BCUT2D eigenvalue weighted by molar-refractivity contribution is 0.590. The summed E-state index contributed by atoms with van der Waals surface area (Å²) in [5, 5.41) is 9.63. The molecule has 0 bridgehead atoms. The van der Waals surface area contributed by atoms with Gasteiger partial charge < -0.3 is 4.90 Å². The molecule has 7 aromatic carbocycles. The molecule has 258 valence electrons. The summed E-state index contributed by atoms with van der Waals surface area (Å²) in [6.45, 7) is 6.69. The summed E-state index contributed by atoms with van der Waals surface area (Å²) in [6.07, 6.45) is 0. The molecule has 0 amide bonds. The van der Waals surface area contributed by atoms with Crippen LogP contribution in [-0.2, 0) is 10.8 Å². The van der Waals surface area contributed by atoms with E-state index >= 15 is 0 Å². The van der Waals surface area contributed by atoms with Crippen molar-refractivity contribution in [2.24, 2.45) is 0 Å². The molecular formula is C50H38N4. The van der Waals surface area contributed by atoms with Crippen LogP contribution < -0.4 is 4.90 Å². The molecule has 0 fully saturated rings. The third-order valence-corrected chi connectivity index (χ3v) is 11.2. The van der Waals surface area contributed by atoms with E-state index in [0.29, 0.717) is 5.82 Å². The molecule has 0 saturated heterocycles. The first kappa shape index (κ1) is 32.0. The lowest BCUT2D eigenvalue weighted by atomic mass is 9.64. The van der Waals surface area contributed by atoms with Crippen molar-refractivity contribution in [1.29, 1.82) is 0 Å². The number of hydrogen-bond acceptors (Lipinski definition) is 4. The predicted octanol–water partition coefficient (Wildman–Crippen LogP) is 12.3. The van der Waals surface area contributed by atoms with Crippen molar-refractivity contribution in [3.8, 4) is 45.0 Å². The Bertz CT molecular complexity index is 2650. The van der Waals surface area contributed by atoms with Gasteiger partial charge in [0.1, 0.15) is 11.4 Å². The maximum absolute atomic E-state index is 5.35. The van der Waals surface area contributed by atoms with Crippen LogP contribution in [0.4, 0.5) is 17.1 Å². The summed E-state index contributed by atoms with van der Waals surface area (Å²) >= 11 is 0. The Morgan fingerprint density at radius 1 is 0.444 bits per heavy atom. The molecule has 2 aliphatic rings. The summed E-state index contributed by atoms with van der Waals surface area (Å²) in [5.74, 6) is 0.607. The van der Waals surface area contributed by atoms with Gasteiger partial charge >= 0.3 is 0 Å². The minimum atomic E-state index is -0.570. The fourth-order valence-electron chi connectivity index (χ4n) is 8.67. The molecule has 0 N–H and O–H groups in total. The highest BCUT2D eigenvalue weighted by molar-refractivity contribution is 5.97. The molecule has 2 heterocycles. The maximum Gasteiger partial charge on any atom is 0.182 e. The number of benzene rings is 7. The van der Waals surface area contributed by atoms with Crippen molar-refractivity contribution in [2.75, 3.05) is 4.90 Å². The summed E-state index contributed by atoms with van der Waals surface area (Å²) < 4.78 is 0. The number of hydrogen-bond donors (Lipinski definition) is 0. The lowest BCUT2D eigenvalue weighted by Crippen LogP contribution is -2.36. The van der Waals surface area contributed by atoms with E-state index in [0.717, 1.165) is 33.8 Å². The number of aromatic nitrogens is 3. The monoisotopic (exact) mass is 694 g/mol. The minimum Gasteiger partial charge on any atom is -0.310 e. The van der Waals surface area contributed by atoms with Crippen LogP contribution in [0.15, 0.2) is 176 Å². The largest absolute Gasteiger partial charge is 0.310 e. The van der Waals surface area contributed by atoms with Crippen molar-refractivity contribution in [3.63, 3.8) is 0 Å². The number of nitrogens with zero attached hydrogens (tertiary/aromatic N) is 4. The van der Waals surface area contributed by atoms with E-state index in [1.807, 2.05) is 18.2 Å². The molecule has 1 spiro atoms. The molecule has 8 aromatic rings. The normalized spacial score (nSPS) is 13.6. The SMILES string of the molecule is CC(C)(C)c1ccc(-c2nnc(-c3ccccc3)c(-c3ccc4c(c3)C3(c5ccccc5-4)c4ccccc4N(c4ccccc4)c4ccccc43)n2)cc1. The van der Waals surface area contributed by atoms with Gasteiger partial charge in [0.2, 0.25) is 0 Å². The third kappa shape index (κ3) is 4.80. The van der Waals surface area contributed by atoms with E-state index in [9.17, 15) is 0 Å². The first-order valence-corrected chi connectivity index (χ1v) is 18.6. The summed E-state index contributed by atoms with van der Waals surface area (Å²) in [6, 6.07) is 63.3. The van der Waals surface area contributed by atoms with Crippen LogP contribution in [0.2, 0.25) is 0 Å². The van der Waals surface area contributed by atoms with Gasteiger partial charge in [-0.3, -0.25) is 0 Å². The van der Waals surface area contributed by atoms with Crippen molar-refractivity contribution < 1.29 is 0 Å². The number of para-hydroxylation sites is 3. The van der Waals surface area contributed by atoms with Gasteiger partial charge in [-0.2, -0.15) is 0 Å². The molecule has 0 atom stereocenters. The van der Waals surface area contributed by atoms with Gasteiger partial charge in [-0.1, -0.05) is 166 Å². The van der Waals surface area contributed by atoms with Crippen LogP contribution in [0, 0.1) is 0 Å². The molecule has 1 aromatic heterocycles. The average molecular weight is 695 g/mol. The molecule has 54 heavy (non-hydrogen) atoms. The Labute approximate surface area is 316 Å². The van der Waals surface area contributed by atoms with E-state index in [1.54, 1.807) is 0 Å². The Balaban J connectivity index is 1.24. The van der Waals surface area contributed by atoms with Crippen LogP contribution in [0.5, 0.6) is 0 Å². The van der Waals surface area contributed by atoms with Gasteiger partial charge in [-0.05, 0) is 74.7 Å². The van der Waals surface area contributed by atoms with Gasteiger partial charge in [-0.15, -0.1) is 10.2 Å². The standard InChI is InChI=1S/C50H38N4/c1-49(2,3)36-29-26-34(27-30-36)48-51-46(47(52-53-48)33-16-6-4-7-17-33)35-28-31-39-38-20-10-11-21-40(38)50(43(39)32-35)41-22-12-14-24-44(41)54(37-18-8-5-9-19-37)45-25-15-13-23-42(45)50/h4-32H,1-3H3. The number of rotatable bonds is 4. The maximum atomic E-state index is 5.35. The van der Waals surface area contributed by atoms with Gasteiger partial charge in [0.25, 0.3) is 0 Å². The van der Waals surface area contributed by atoms with Crippen LogP contribution in [0.1, 0.15) is 48.6 Å². The molecule has 1 aliphatic heterocycles. The molecular weight excluding hydrogens is 657 g/mol. The van der Waals surface area contributed by atoms with E-state index < -0.39 is 5.41 Å². The fourth-order valence-corrected chi connectivity index (χ4v) is 8.67. The quantitative estimate of drug-likeness (QED) is 0.184. The average Bonchev–Trinajstić information content (AvgIpc) is 3.51. The smallest absolute Gasteiger partial charge is 0.182 e. The molecule has 4 nitrogen and oxygen atoms in total. The zero-order chi connectivity index (χ0) is 36.4. The van der Waals surface area contributed by atoms with Crippen molar-refractivity contribution >= 4 is 17.1 Å². The molecule has 0 unspecified atom stereocenters. The van der Waals surface area contributed by atoms with Gasteiger partial charge in [0.05, 0.1) is 16.8 Å². The van der Waals surface area contributed by atoms with Crippen LogP contribution in [0.25, 0.3) is 45.0 Å². The van der Waals surface area contributed by atoms with E-state index in [-0.39, 0.29) is 5.41 Å². The van der Waals surface area contributed by atoms with E-state index in [4.69, 9.17) is 15.2 Å². The molecule has 0 saturated carbocycles. The second-order valence-corrected chi connectivity index (χ2v) is 15.3. The van der Waals surface area contributed by atoms with Gasteiger partial charge in [0.15, 0.2) is 5.82 Å². The molecule has 10 rings (SSSR count). The van der Waals surface area contributed by atoms with Crippen molar-refractivity contribution in [3.05, 3.63) is 204 Å². The van der Waals surface area contributed by atoms with Crippen molar-refractivity contribution in [2.45, 2.75) is 31.6 Å². The van der Waals surface area contributed by atoms with Crippen molar-refractivity contribution in [1.82, 2.24) is 15.2 Å². The highest BCUT2D eigenvalue weighted by Gasteiger charge is 2.51. The zero-order valence-electron chi connectivity index (χ0n) is 30.5. The topological polar surface area (TPSA) is 41.9 Å². The lowest BCUT2D eigenvalue weighted by Gasteiger charge is -2.45. The summed E-state index contributed by atoms with van der Waals surface area (Å²) in [4.78, 5) is 7.76.